The van der Waals surface area contributed by atoms with E-state index in [0.29, 0.717) is 0 Å². The standard InChI is InChI=1S/C20H30N2O/c1-21-12-5-7-19(16-23)20(21)18-10-8-17(9-11-18)6-4-15-22-13-2-3-14-22/h8-11,16,19-20H,2-7,12-15H2,1H3. The number of likely N-dealkylation sites (tertiary alicyclic amines) is 2. The normalized spacial score (nSPS) is 26.5. The number of benzene rings is 1. The van der Waals surface area contributed by atoms with Crippen molar-refractivity contribution in [1.29, 1.82) is 0 Å². The molecule has 2 aliphatic rings. The highest BCUT2D eigenvalue weighted by atomic mass is 16.1. The van der Waals surface area contributed by atoms with Gasteiger partial charge in [0.1, 0.15) is 6.29 Å². The predicted molar refractivity (Wildman–Crippen MR) is 94.6 cm³/mol. The van der Waals surface area contributed by atoms with Gasteiger partial charge in [-0.2, -0.15) is 0 Å². The molecule has 3 nitrogen and oxygen atoms in total. The van der Waals surface area contributed by atoms with Crippen molar-refractivity contribution in [3.05, 3.63) is 35.4 Å². The molecule has 1 aromatic rings. The number of piperidine rings is 1. The number of carbonyl (C=O) groups is 1. The van der Waals surface area contributed by atoms with E-state index in [2.05, 4.69) is 41.1 Å². The molecule has 2 atom stereocenters. The number of aryl methyl sites for hydroxylation is 1. The van der Waals surface area contributed by atoms with Crippen LogP contribution in [0.4, 0.5) is 0 Å². The van der Waals surface area contributed by atoms with Gasteiger partial charge in [0.25, 0.3) is 0 Å². The maximum Gasteiger partial charge on any atom is 0.124 e. The van der Waals surface area contributed by atoms with Crippen LogP contribution >= 0.6 is 0 Å². The molecule has 2 aliphatic heterocycles. The Kier molecular flexibility index (Phi) is 5.85. The molecular formula is C20H30N2O. The molecule has 23 heavy (non-hydrogen) atoms. The zero-order chi connectivity index (χ0) is 16.1. The topological polar surface area (TPSA) is 23.6 Å². The quantitative estimate of drug-likeness (QED) is 0.753. The third-order valence-corrected chi connectivity index (χ3v) is 5.56. The molecule has 0 N–H and O–H groups in total. The van der Waals surface area contributed by atoms with Crippen LogP contribution in [0, 0.1) is 5.92 Å². The maximum absolute atomic E-state index is 11.4. The minimum Gasteiger partial charge on any atom is -0.303 e. The molecule has 2 fully saturated rings. The average molecular weight is 314 g/mol. The first kappa shape index (κ1) is 16.7. The van der Waals surface area contributed by atoms with Crippen LogP contribution in [-0.2, 0) is 11.2 Å². The summed E-state index contributed by atoms with van der Waals surface area (Å²) >= 11 is 0. The second-order valence-electron chi connectivity index (χ2n) is 7.26. The molecule has 0 radical (unpaired) electrons. The van der Waals surface area contributed by atoms with Crippen LogP contribution in [0.5, 0.6) is 0 Å². The Morgan fingerprint density at radius 2 is 1.83 bits per heavy atom. The molecule has 0 amide bonds. The maximum atomic E-state index is 11.4. The molecule has 126 valence electrons. The van der Waals surface area contributed by atoms with Crippen LogP contribution in [0.25, 0.3) is 0 Å². The molecule has 2 unspecified atom stereocenters. The first-order valence-electron chi connectivity index (χ1n) is 9.24. The molecule has 0 spiro atoms. The highest BCUT2D eigenvalue weighted by molar-refractivity contribution is 5.56. The van der Waals surface area contributed by atoms with E-state index in [0.717, 1.165) is 32.1 Å². The second kappa shape index (κ2) is 8.07. The summed E-state index contributed by atoms with van der Waals surface area (Å²) in [7, 11) is 2.14. The smallest absolute Gasteiger partial charge is 0.124 e. The van der Waals surface area contributed by atoms with Crippen molar-refractivity contribution in [2.45, 2.75) is 44.6 Å². The van der Waals surface area contributed by atoms with Crippen molar-refractivity contribution >= 4 is 6.29 Å². The van der Waals surface area contributed by atoms with Crippen molar-refractivity contribution in [1.82, 2.24) is 9.80 Å². The van der Waals surface area contributed by atoms with E-state index < -0.39 is 0 Å². The molecular weight excluding hydrogens is 284 g/mol. The van der Waals surface area contributed by atoms with Crippen molar-refractivity contribution in [2.75, 3.05) is 33.2 Å². The zero-order valence-corrected chi connectivity index (χ0v) is 14.4. The van der Waals surface area contributed by atoms with Gasteiger partial charge in [-0.15, -0.1) is 0 Å². The minimum absolute atomic E-state index is 0.148. The van der Waals surface area contributed by atoms with Crippen LogP contribution in [-0.4, -0.2) is 49.3 Å². The molecule has 1 aromatic carbocycles. The predicted octanol–water partition coefficient (Wildman–Crippen LogP) is 3.30. The Hall–Kier alpha value is -1.19. The molecule has 0 saturated carbocycles. The van der Waals surface area contributed by atoms with E-state index in [-0.39, 0.29) is 12.0 Å². The highest BCUT2D eigenvalue weighted by Gasteiger charge is 2.29. The van der Waals surface area contributed by atoms with Gasteiger partial charge in [0.2, 0.25) is 0 Å². The molecule has 3 rings (SSSR count). The fourth-order valence-electron chi connectivity index (χ4n) is 4.24. The number of rotatable bonds is 6. The van der Waals surface area contributed by atoms with Crippen LogP contribution in [0.1, 0.15) is 49.3 Å². The van der Waals surface area contributed by atoms with Crippen molar-refractivity contribution < 1.29 is 4.79 Å². The number of hydrogen-bond acceptors (Lipinski definition) is 3. The summed E-state index contributed by atoms with van der Waals surface area (Å²) in [4.78, 5) is 16.3. The van der Waals surface area contributed by atoms with Crippen LogP contribution in [0.15, 0.2) is 24.3 Å². The summed E-state index contributed by atoms with van der Waals surface area (Å²) in [5.74, 6) is 0.148. The van der Waals surface area contributed by atoms with Crippen molar-refractivity contribution in [3.63, 3.8) is 0 Å². The van der Waals surface area contributed by atoms with Crippen LogP contribution < -0.4 is 0 Å². The van der Waals surface area contributed by atoms with Gasteiger partial charge in [0.15, 0.2) is 0 Å². The second-order valence-corrected chi connectivity index (χ2v) is 7.26. The summed E-state index contributed by atoms with van der Waals surface area (Å²) in [6.45, 7) is 4.91. The Bertz CT molecular complexity index is 493. The summed E-state index contributed by atoms with van der Waals surface area (Å²) in [5, 5.41) is 0. The minimum atomic E-state index is 0.148. The van der Waals surface area contributed by atoms with E-state index in [4.69, 9.17) is 0 Å². The number of aldehydes is 1. The average Bonchev–Trinajstić information content (AvgIpc) is 3.09. The number of carbonyl (C=O) groups excluding carboxylic acids is 1. The van der Waals surface area contributed by atoms with Gasteiger partial charge in [-0.3, -0.25) is 4.90 Å². The molecule has 2 saturated heterocycles. The summed E-state index contributed by atoms with van der Waals surface area (Å²) in [6, 6.07) is 9.29. The lowest BCUT2D eigenvalue weighted by molar-refractivity contribution is -0.114. The van der Waals surface area contributed by atoms with E-state index in [1.165, 1.54) is 50.0 Å². The van der Waals surface area contributed by atoms with Gasteiger partial charge in [-0.1, -0.05) is 24.3 Å². The van der Waals surface area contributed by atoms with Gasteiger partial charge in [-0.25, -0.2) is 0 Å². The fourth-order valence-corrected chi connectivity index (χ4v) is 4.24. The Balaban J connectivity index is 1.56. The molecule has 0 aliphatic carbocycles. The van der Waals surface area contributed by atoms with E-state index in [1.54, 1.807) is 0 Å². The van der Waals surface area contributed by atoms with E-state index in [1.807, 2.05) is 0 Å². The first-order chi connectivity index (χ1) is 11.3. The lowest BCUT2D eigenvalue weighted by Crippen LogP contribution is -2.36. The van der Waals surface area contributed by atoms with Gasteiger partial charge >= 0.3 is 0 Å². The Morgan fingerprint density at radius 1 is 1.09 bits per heavy atom. The molecule has 0 bridgehead atoms. The number of nitrogens with zero attached hydrogens (tertiary/aromatic N) is 2. The summed E-state index contributed by atoms with van der Waals surface area (Å²) in [6.07, 6.45) is 8.47. The first-order valence-corrected chi connectivity index (χ1v) is 9.24. The van der Waals surface area contributed by atoms with Crippen LogP contribution in [0.2, 0.25) is 0 Å². The molecule has 2 heterocycles. The lowest BCUT2D eigenvalue weighted by atomic mass is 9.85. The van der Waals surface area contributed by atoms with Gasteiger partial charge in [0, 0.05) is 12.0 Å². The third-order valence-electron chi connectivity index (χ3n) is 5.56. The van der Waals surface area contributed by atoms with E-state index in [9.17, 15) is 4.79 Å². The monoisotopic (exact) mass is 314 g/mol. The SMILES string of the molecule is CN1CCCC(C=O)C1c1ccc(CCCN2CCCC2)cc1. The largest absolute Gasteiger partial charge is 0.303 e. The van der Waals surface area contributed by atoms with E-state index >= 15 is 0 Å². The molecule has 3 heteroatoms. The Labute approximate surface area is 140 Å². The van der Waals surface area contributed by atoms with Crippen molar-refractivity contribution in [3.8, 4) is 0 Å². The van der Waals surface area contributed by atoms with Gasteiger partial charge in [0.05, 0.1) is 0 Å². The third kappa shape index (κ3) is 4.21. The zero-order valence-electron chi connectivity index (χ0n) is 14.4. The van der Waals surface area contributed by atoms with Gasteiger partial charge < -0.3 is 9.69 Å². The molecule has 0 aromatic heterocycles. The summed E-state index contributed by atoms with van der Waals surface area (Å²) in [5.41, 5.74) is 2.72. The lowest BCUT2D eigenvalue weighted by Gasteiger charge is -2.37. The highest BCUT2D eigenvalue weighted by Crippen LogP contribution is 2.33. The van der Waals surface area contributed by atoms with Crippen LogP contribution in [0.3, 0.4) is 0 Å². The van der Waals surface area contributed by atoms with Crippen molar-refractivity contribution in [2.24, 2.45) is 5.92 Å². The number of hydrogen-bond donors (Lipinski definition) is 0. The summed E-state index contributed by atoms with van der Waals surface area (Å²) < 4.78 is 0. The Morgan fingerprint density at radius 3 is 2.52 bits per heavy atom. The fraction of sp³-hybridized carbons (Fsp3) is 0.650. The van der Waals surface area contributed by atoms with Gasteiger partial charge in [-0.05, 0) is 82.9 Å².